The Morgan fingerprint density at radius 2 is 2.07 bits per heavy atom. The molecular formula is C20H19N5O3. The van der Waals surface area contributed by atoms with E-state index in [-0.39, 0.29) is 18.2 Å². The average molecular weight is 377 g/mol. The third-order valence-corrected chi connectivity index (χ3v) is 4.67. The number of aryl methyl sites for hydroxylation is 1. The van der Waals surface area contributed by atoms with Crippen LogP contribution in [0.15, 0.2) is 53.2 Å². The van der Waals surface area contributed by atoms with Gasteiger partial charge in [0.25, 0.3) is 5.91 Å². The smallest absolute Gasteiger partial charge is 0.273 e. The first kappa shape index (κ1) is 17.8. The number of nitrogens with zero attached hydrogens (tertiary/aromatic N) is 4. The van der Waals surface area contributed by atoms with Gasteiger partial charge in [-0.05, 0) is 18.6 Å². The van der Waals surface area contributed by atoms with Gasteiger partial charge in [-0.3, -0.25) is 14.6 Å². The predicted octanol–water partition coefficient (Wildman–Crippen LogP) is 1.62. The van der Waals surface area contributed by atoms with Gasteiger partial charge >= 0.3 is 0 Å². The van der Waals surface area contributed by atoms with Crippen LogP contribution < -0.4 is 5.32 Å². The van der Waals surface area contributed by atoms with Crippen LogP contribution in [0.1, 0.15) is 21.9 Å². The van der Waals surface area contributed by atoms with Gasteiger partial charge in [0.05, 0.1) is 6.42 Å². The van der Waals surface area contributed by atoms with Gasteiger partial charge < -0.3 is 14.7 Å². The Labute approximate surface area is 161 Å². The molecular weight excluding hydrogens is 358 g/mol. The van der Waals surface area contributed by atoms with Crippen molar-refractivity contribution in [3.63, 3.8) is 0 Å². The highest BCUT2D eigenvalue weighted by Crippen LogP contribution is 2.19. The Bertz CT molecular complexity index is 1000. The molecule has 4 rings (SSSR count). The lowest BCUT2D eigenvalue weighted by atomic mass is 10.1. The molecule has 0 radical (unpaired) electrons. The molecule has 2 aromatic heterocycles. The van der Waals surface area contributed by atoms with Crippen LogP contribution in [0.2, 0.25) is 0 Å². The summed E-state index contributed by atoms with van der Waals surface area (Å²) in [5, 5.41) is 6.78. The molecule has 1 unspecified atom stereocenters. The van der Waals surface area contributed by atoms with Gasteiger partial charge in [0.2, 0.25) is 17.6 Å². The van der Waals surface area contributed by atoms with Crippen molar-refractivity contribution >= 4 is 11.8 Å². The highest BCUT2D eigenvalue weighted by molar-refractivity contribution is 5.97. The molecule has 3 aromatic rings. The molecule has 8 heteroatoms. The second-order valence-corrected chi connectivity index (χ2v) is 6.56. The molecule has 1 saturated heterocycles. The van der Waals surface area contributed by atoms with Gasteiger partial charge in [0, 0.05) is 24.8 Å². The topological polar surface area (TPSA) is 101 Å². The summed E-state index contributed by atoms with van der Waals surface area (Å²) in [6.07, 6.45) is 1.71. The van der Waals surface area contributed by atoms with E-state index in [0.29, 0.717) is 30.5 Å². The van der Waals surface area contributed by atoms with E-state index in [4.69, 9.17) is 4.52 Å². The van der Waals surface area contributed by atoms with Crippen LogP contribution in [0.5, 0.6) is 0 Å². The van der Waals surface area contributed by atoms with E-state index in [9.17, 15) is 9.59 Å². The summed E-state index contributed by atoms with van der Waals surface area (Å²) in [5.41, 5.74) is 1.93. The van der Waals surface area contributed by atoms with E-state index in [1.165, 1.54) is 4.90 Å². The maximum atomic E-state index is 13.0. The molecule has 0 spiro atoms. The average Bonchev–Trinajstić information content (AvgIpc) is 3.19. The van der Waals surface area contributed by atoms with E-state index < -0.39 is 6.04 Å². The molecule has 28 heavy (non-hydrogen) atoms. The van der Waals surface area contributed by atoms with Crippen molar-refractivity contribution in [3.05, 3.63) is 65.8 Å². The molecule has 0 saturated carbocycles. The van der Waals surface area contributed by atoms with E-state index in [2.05, 4.69) is 20.4 Å². The molecule has 1 N–H and O–H groups in total. The molecule has 2 amide bonds. The maximum absolute atomic E-state index is 13.0. The van der Waals surface area contributed by atoms with Crippen LogP contribution in [0.4, 0.5) is 0 Å². The van der Waals surface area contributed by atoms with Crippen molar-refractivity contribution in [2.75, 3.05) is 13.1 Å². The Balaban J connectivity index is 1.58. The molecule has 0 aliphatic carbocycles. The van der Waals surface area contributed by atoms with Gasteiger partial charge in [0.15, 0.2) is 0 Å². The SMILES string of the molecule is Cc1cccnc1C(=O)N1CCNC(=O)C1Cc1nc(-c2ccccc2)no1. The van der Waals surface area contributed by atoms with Crippen molar-refractivity contribution in [2.45, 2.75) is 19.4 Å². The first-order valence-electron chi connectivity index (χ1n) is 9.02. The summed E-state index contributed by atoms with van der Waals surface area (Å²) >= 11 is 0. The third kappa shape index (κ3) is 3.48. The van der Waals surface area contributed by atoms with Crippen molar-refractivity contribution in [1.29, 1.82) is 0 Å². The van der Waals surface area contributed by atoms with Gasteiger partial charge in [-0.1, -0.05) is 41.6 Å². The number of amides is 2. The molecule has 1 aromatic carbocycles. The summed E-state index contributed by atoms with van der Waals surface area (Å²) in [6, 6.07) is 12.3. The lowest BCUT2D eigenvalue weighted by Gasteiger charge is -2.34. The summed E-state index contributed by atoms with van der Waals surface area (Å²) in [5.74, 6) is 0.232. The summed E-state index contributed by atoms with van der Waals surface area (Å²) in [7, 11) is 0. The second-order valence-electron chi connectivity index (χ2n) is 6.56. The number of carbonyl (C=O) groups is 2. The van der Waals surface area contributed by atoms with Crippen molar-refractivity contribution in [1.82, 2.24) is 25.3 Å². The summed E-state index contributed by atoms with van der Waals surface area (Å²) in [6.45, 7) is 2.61. The minimum absolute atomic E-state index is 0.142. The van der Waals surface area contributed by atoms with E-state index in [0.717, 1.165) is 11.1 Å². The fraction of sp³-hybridized carbons (Fsp3) is 0.250. The summed E-state index contributed by atoms with van der Waals surface area (Å²) in [4.78, 5) is 35.6. The van der Waals surface area contributed by atoms with Crippen LogP contribution in [-0.2, 0) is 11.2 Å². The number of rotatable bonds is 4. The monoisotopic (exact) mass is 377 g/mol. The zero-order valence-corrected chi connectivity index (χ0v) is 15.3. The number of nitrogens with one attached hydrogen (secondary N) is 1. The van der Waals surface area contributed by atoms with E-state index in [1.807, 2.05) is 43.3 Å². The van der Waals surface area contributed by atoms with Crippen LogP contribution in [-0.4, -0.2) is 51.0 Å². The van der Waals surface area contributed by atoms with Crippen LogP contribution >= 0.6 is 0 Å². The van der Waals surface area contributed by atoms with E-state index >= 15 is 0 Å². The number of hydrogen-bond acceptors (Lipinski definition) is 6. The molecule has 0 bridgehead atoms. The van der Waals surface area contributed by atoms with Crippen LogP contribution in [0.3, 0.4) is 0 Å². The molecule has 1 aliphatic rings. The highest BCUT2D eigenvalue weighted by Gasteiger charge is 2.36. The molecule has 1 aliphatic heterocycles. The van der Waals surface area contributed by atoms with Gasteiger partial charge in [-0.2, -0.15) is 4.98 Å². The minimum atomic E-state index is -0.730. The zero-order chi connectivity index (χ0) is 19.5. The van der Waals surface area contributed by atoms with Crippen LogP contribution in [0.25, 0.3) is 11.4 Å². The fourth-order valence-electron chi connectivity index (χ4n) is 3.21. The number of benzene rings is 1. The lowest BCUT2D eigenvalue weighted by Crippen LogP contribution is -2.58. The molecule has 1 fully saturated rings. The molecule has 142 valence electrons. The number of piperazine rings is 1. The van der Waals surface area contributed by atoms with E-state index in [1.54, 1.807) is 12.3 Å². The van der Waals surface area contributed by atoms with Crippen molar-refractivity contribution in [3.8, 4) is 11.4 Å². The number of carbonyl (C=O) groups excluding carboxylic acids is 2. The highest BCUT2D eigenvalue weighted by atomic mass is 16.5. The zero-order valence-electron chi connectivity index (χ0n) is 15.3. The van der Waals surface area contributed by atoms with Crippen molar-refractivity contribution in [2.24, 2.45) is 0 Å². The van der Waals surface area contributed by atoms with Gasteiger partial charge in [-0.25, -0.2) is 0 Å². The standard InChI is InChI=1S/C20H19N5O3/c1-13-6-5-9-21-17(13)20(27)25-11-10-22-19(26)15(25)12-16-23-18(24-28-16)14-7-3-2-4-8-14/h2-9,15H,10-12H2,1H3,(H,22,26). The van der Waals surface area contributed by atoms with Crippen molar-refractivity contribution < 1.29 is 14.1 Å². The summed E-state index contributed by atoms with van der Waals surface area (Å²) < 4.78 is 5.33. The minimum Gasteiger partial charge on any atom is -0.353 e. The Morgan fingerprint density at radius 3 is 2.86 bits per heavy atom. The predicted molar refractivity (Wildman–Crippen MR) is 100 cm³/mol. The maximum Gasteiger partial charge on any atom is 0.273 e. The Hall–Kier alpha value is -3.55. The number of hydrogen-bond donors (Lipinski definition) is 1. The normalized spacial score (nSPS) is 16.7. The van der Waals surface area contributed by atoms with Gasteiger partial charge in [-0.15, -0.1) is 0 Å². The molecule has 8 nitrogen and oxygen atoms in total. The largest absolute Gasteiger partial charge is 0.353 e. The van der Waals surface area contributed by atoms with Gasteiger partial charge in [0.1, 0.15) is 11.7 Å². The second kappa shape index (κ2) is 7.59. The fourth-order valence-corrected chi connectivity index (χ4v) is 3.21. The third-order valence-electron chi connectivity index (χ3n) is 4.67. The lowest BCUT2D eigenvalue weighted by molar-refractivity contribution is -0.128. The number of pyridine rings is 1. The molecule has 3 heterocycles. The quantitative estimate of drug-likeness (QED) is 0.741. The van der Waals surface area contributed by atoms with Crippen LogP contribution in [0, 0.1) is 6.92 Å². The first-order chi connectivity index (χ1) is 13.6. The molecule has 1 atom stereocenters. The Morgan fingerprint density at radius 1 is 1.25 bits per heavy atom. The Kier molecular flexibility index (Phi) is 4.84. The first-order valence-corrected chi connectivity index (χ1v) is 9.02. The number of aromatic nitrogens is 3.